The molecule has 10 heteroatoms. The fraction of sp³-hybridized carbons (Fsp3) is 0.167. The molecule has 1 amide bonds. The van der Waals surface area contributed by atoms with Crippen molar-refractivity contribution in [2.45, 2.75) is 16.6 Å². The number of carbonyl (C=O) groups is 1. The zero-order valence-electron chi connectivity index (χ0n) is 14.4. The Balaban J connectivity index is 1.82. The maximum Gasteiger partial charge on any atom is 0.245 e. The molecule has 3 aromatic rings. The summed E-state index contributed by atoms with van der Waals surface area (Å²) in [5.41, 5.74) is 0.778. The Morgan fingerprint density at radius 3 is 2.46 bits per heavy atom. The maximum atomic E-state index is 12.8. The molecule has 7 nitrogen and oxygen atoms in total. The Morgan fingerprint density at radius 2 is 1.82 bits per heavy atom. The predicted molar refractivity (Wildman–Crippen MR) is 108 cm³/mol. The van der Waals surface area contributed by atoms with E-state index in [1.54, 1.807) is 0 Å². The van der Waals surface area contributed by atoms with E-state index < -0.39 is 27.6 Å². The van der Waals surface area contributed by atoms with Crippen LogP contribution in [0.1, 0.15) is 6.42 Å². The van der Waals surface area contributed by atoms with E-state index in [1.807, 2.05) is 30.3 Å². The maximum absolute atomic E-state index is 12.8. The van der Waals surface area contributed by atoms with Crippen LogP contribution in [0.25, 0.3) is 11.4 Å². The Morgan fingerprint density at radius 1 is 1.14 bits per heavy atom. The number of hydrogen-bond donors (Lipinski definition) is 2. The van der Waals surface area contributed by atoms with Gasteiger partial charge in [0, 0.05) is 28.7 Å². The van der Waals surface area contributed by atoms with Gasteiger partial charge in [0.1, 0.15) is 5.25 Å². The van der Waals surface area contributed by atoms with Gasteiger partial charge in [-0.1, -0.05) is 41.9 Å². The standard InChI is InChI=1S/C18H16ClN3O4S2/c19-13-6-8-14(9-7-13)28(25,26)15(10-11-23)17(24)21-18-20-16(22-27-18)12-4-2-1-3-5-12/h1-9,15,23H,10-11H2,(H,20,21,22,24). The molecule has 0 bridgehead atoms. The number of carbonyl (C=O) groups excluding carboxylic acids is 1. The molecule has 0 radical (unpaired) electrons. The van der Waals surface area contributed by atoms with Crippen molar-refractivity contribution in [3.63, 3.8) is 0 Å². The van der Waals surface area contributed by atoms with Crippen molar-refractivity contribution in [2.24, 2.45) is 0 Å². The summed E-state index contributed by atoms with van der Waals surface area (Å²) in [5, 5.41) is 10.8. The first-order chi connectivity index (χ1) is 13.4. The van der Waals surface area contributed by atoms with Crippen LogP contribution < -0.4 is 5.32 Å². The van der Waals surface area contributed by atoms with Crippen molar-refractivity contribution in [3.8, 4) is 11.4 Å². The van der Waals surface area contributed by atoms with Crippen LogP contribution in [-0.4, -0.2) is 40.6 Å². The highest BCUT2D eigenvalue weighted by Gasteiger charge is 2.34. The molecule has 146 valence electrons. The van der Waals surface area contributed by atoms with Gasteiger partial charge in [-0.2, -0.15) is 9.36 Å². The third-order valence-corrected chi connectivity index (χ3v) is 6.90. The van der Waals surface area contributed by atoms with Crippen molar-refractivity contribution in [2.75, 3.05) is 11.9 Å². The van der Waals surface area contributed by atoms with E-state index in [1.165, 1.54) is 24.3 Å². The molecule has 0 aliphatic rings. The Hall–Kier alpha value is -2.33. The van der Waals surface area contributed by atoms with Gasteiger partial charge in [-0.3, -0.25) is 10.1 Å². The second-order valence-electron chi connectivity index (χ2n) is 5.78. The van der Waals surface area contributed by atoms with Crippen LogP contribution in [0, 0.1) is 0 Å². The summed E-state index contributed by atoms with van der Waals surface area (Å²) < 4.78 is 29.9. The fourth-order valence-corrected chi connectivity index (χ4v) is 4.82. The lowest BCUT2D eigenvalue weighted by molar-refractivity contribution is -0.116. The number of nitrogens with zero attached hydrogens (tertiary/aromatic N) is 2. The zero-order valence-corrected chi connectivity index (χ0v) is 16.8. The molecule has 0 aliphatic heterocycles. The molecule has 1 aromatic heterocycles. The second-order valence-corrected chi connectivity index (χ2v) is 9.10. The Kier molecular flexibility index (Phi) is 6.40. The smallest absolute Gasteiger partial charge is 0.245 e. The number of hydrogen-bond acceptors (Lipinski definition) is 7. The summed E-state index contributed by atoms with van der Waals surface area (Å²) in [7, 11) is -4.02. The monoisotopic (exact) mass is 437 g/mol. The van der Waals surface area contributed by atoms with Gasteiger partial charge in [-0.05, 0) is 30.7 Å². The normalized spacial score (nSPS) is 12.5. The van der Waals surface area contributed by atoms with Gasteiger partial charge in [0.15, 0.2) is 15.7 Å². The zero-order chi connectivity index (χ0) is 20.1. The molecule has 0 aliphatic carbocycles. The van der Waals surface area contributed by atoms with Crippen molar-refractivity contribution in [1.82, 2.24) is 9.36 Å². The number of aromatic nitrogens is 2. The lowest BCUT2D eigenvalue weighted by atomic mass is 10.2. The first-order valence-electron chi connectivity index (χ1n) is 8.22. The molecule has 0 saturated carbocycles. The highest BCUT2D eigenvalue weighted by atomic mass is 35.5. The summed E-state index contributed by atoms with van der Waals surface area (Å²) in [5.74, 6) is -0.347. The summed E-state index contributed by atoms with van der Waals surface area (Å²) in [6.07, 6.45) is -0.249. The number of nitrogens with one attached hydrogen (secondary N) is 1. The lowest BCUT2D eigenvalue weighted by Crippen LogP contribution is -2.36. The van der Waals surface area contributed by atoms with Gasteiger partial charge in [0.05, 0.1) is 4.90 Å². The van der Waals surface area contributed by atoms with E-state index in [0.717, 1.165) is 17.1 Å². The molecule has 2 N–H and O–H groups in total. The molecule has 1 atom stereocenters. The first kappa shape index (κ1) is 20.4. The number of aliphatic hydroxyl groups is 1. The number of rotatable bonds is 7. The van der Waals surface area contributed by atoms with Crippen LogP contribution in [0.5, 0.6) is 0 Å². The van der Waals surface area contributed by atoms with E-state index in [4.69, 9.17) is 11.6 Å². The van der Waals surface area contributed by atoms with Crippen molar-refractivity contribution in [3.05, 3.63) is 59.6 Å². The molecule has 0 spiro atoms. The number of aliphatic hydroxyl groups excluding tert-OH is 1. The summed E-state index contributed by atoms with van der Waals surface area (Å²) >= 11 is 6.75. The van der Waals surface area contributed by atoms with E-state index in [2.05, 4.69) is 14.7 Å². The van der Waals surface area contributed by atoms with Crippen LogP contribution in [-0.2, 0) is 14.6 Å². The van der Waals surface area contributed by atoms with Crippen molar-refractivity contribution < 1.29 is 18.3 Å². The minimum Gasteiger partial charge on any atom is -0.396 e. The highest BCUT2D eigenvalue weighted by Crippen LogP contribution is 2.24. The molecule has 1 unspecified atom stereocenters. The molecule has 3 rings (SSSR count). The van der Waals surface area contributed by atoms with E-state index >= 15 is 0 Å². The Labute approximate surface area is 171 Å². The number of halogens is 1. The molecule has 0 saturated heterocycles. The number of benzene rings is 2. The molecular formula is C18H16ClN3O4S2. The van der Waals surface area contributed by atoms with Gasteiger partial charge < -0.3 is 5.11 Å². The molecule has 1 heterocycles. The fourth-order valence-electron chi connectivity index (χ4n) is 2.50. The minimum atomic E-state index is -4.02. The number of anilines is 1. The summed E-state index contributed by atoms with van der Waals surface area (Å²) in [6, 6.07) is 14.7. The van der Waals surface area contributed by atoms with Crippen LogP contribution in [0.15, 0.2) is 59.5 Å². The molecule has 28 heavy (non-hydrogen) atoms. The van der Waals surface area contributed by atoms with Crippen LogP contribution in [0.4, 0.5) is 5.13 Å². The van der Waals surface area contributed by atoms with Gasteiger partial charge >= 0.3 is 0 Å². The topological polar surface area (TPSA) is 109 Å². The third kappa shape index (κ3) is 4.56. The van der Waals surface area contributed by atoms with Gasteiger partial charge in [0.25, 0.3) is 0 Å². The van der Waals surface area contributed by atoms with Gasteiger partial charge in [-0.15, -0.1) is 0 Å². The third-order valence-electron chi connectivity index (χ3n) is 3.89. The summed E-state index contributed by atoms with van der Waals surface area (Å²) in [6.45, 7) is -0.462. The SMILES string of the molecule is O=C(Nc1nc(-c2ccccc2)ns1)C(CCO)S(=O)(=O)c1ccc(Cl)cc1. The predicted octanol–water partition coefficient (Wildman–Crippen LogP) is 3.02. The Bertz CT molecular complexity index is 1050. The van der Waals surface area contributed by atoms with Crippen LogP contribution in [0.3, 0.4) is 0 Å². The largest absolute Gasteiger partial charge is 0.396 e. The average molecular weight is 438 g/mol. The van der Waals surface area contributed by atoms with Crippen molar-refractivity contribution in [1.29, 1.82) is 0 Å². The van der Waals surface area contributed by atoms with Crippen LogP contribution >= 0.6 is 23.1 Å². The van der Waals surface area contributed by atoms with Gasteiger partial charge in [0.2, 0.25) is 11.0 Å². The van der Waals surface area contributed by atoms with E-state index in [-0.39, 0.29) is 16.4 Å². The highest BCUT2D eigenvalue weighted by molar-refractivity contribution is 7.92. The van der Waals surface area contributed by atoms with Crippen molar-refractivity contribution >= 4 is 44.0 Å². The quantitative estimate of drug-likeness (QED) is 0.588. The first-order valence-corrected chi connectivity index (χ1v) is 10.9. The molecule has 2 aromatic carbocycles. The van der Waals surface area contributed by atoms with E-state index in [9.17, 15) is 18.3 Å². The molecular weight excluding hydrogens is 422 g/mol. The second kappa shape index (κ2) is 8.78. The summed E-state index contributed by atoms with van der Waals surface area (Å²) in [4.78, 5) is 16.8. The van der Waals surface area contributed by atoms with E-state index in [0.29, 0.717) is 10.8 Å². The molecule has 0 fully saturated rings. The minimum absolute atomic E-state index is 0.0484. The van der Waals surface area contributed by atoms with Gasteiger partial charge in [-0.25, -0.2) is 8.42 Å². The lowest BCUT2D eigenvalue weighted by Gasteiger charge is -2.15. The average Bonchev–Trinajstić information content (AvgIpc) is 3.15. The number of amides is 1. The van der Waals surface area contributed by atoms with Crippen LogP contribution in [0.2, 0.25) is 5.02 Å². The number of sulfone groups is 1.